The molecule has 0 radical (unpaired) electrons. The SMILES string of the molecule is C[C@H](C(=O)NC1CC1)[NH+]1CCN(S(=O)(=O)c2ccc(F)cc2)CC1. The highest BCUT2D eigenvalue weighted by Crippen LogP contribution is 2.18. The molecule has 1 aromatic rings. The van der Waals surface area contributed by atoms with Gasteiger partial charge in [-0.05, 0) is 44.0 Å². The third-order valence-corrected chi connectivity index (χ3v) is 6.66. The van der Waals surface area contributed by atoms with Crippen LogP contribution in [0.1, 0.15) is 19.8 Å². The van der Waals surface area contributed by atoms with Crippen molar-refractivity contribution in [2.45, 2.75) is 36.7 Å². The van der Waals surface area contributed by atoms with Gasteiger partial charge in [0.2, 0.25) is 10.0 Å². The number of halogens is 1. The Morgan fingerprint density at radius 2 is 1.83 bits per heavy atom. The van der Waals surface area contributed by atoms with Gasteiger partial charge in [0.1, 0.15) is 5.82 Å². The molecule has 3 rings (SSSR count). The Morgan fingerprint density at radius 3 is 2.38 bits per heavy atom. The number of nitrogens with zero attached hydrogens (tertiary/aromatic N) is 1. The number of carbonyl (C=O) groups excluding carboxylic acids is 1. The Balaban J connectivity index is 1.59. The second kappa shape index (κ2) is 6.78. The summed E-state index contributed by atoms with van der Waals surface area (Å²) in [5.74, 6) is -0.416. The van der Waals surface area contributed by atoms with Crippen molar-refractivity contribution in [3.05, 3.63) is 30.1 Å². The summed E-state index contributed by atoms with van der Waals surface area (Å²) in [6, 6.07) is 5.03. The van der Waals surface area contributed by atoms with Crippen molar-refractivity contribution in [3.8, 4) is 0 Å². The maximum atomic E-state index is 13.0. The number of carbonyl (C=O) groups is 1. The smallest absolute Gasteiger partial charge is 0.278 e. The Hall–Kier alpha value is -1.51. The van der Waals surface area contributed by atoms with Crippen LogP contribution in [0.5, 0.6) is 0 Å². The van der Waals surface area contributed by atoms with Crippen LogP contribution in [-0.2, 0) is 14.8 Å². The molecule has 132 valence electrons. The molecule has 2 fully saturated rings. The van der Waals surface area contributed by atoms with Crippen molar-refractivity contribution >= 4 is 15.9 Å². The molecule has 6 nitrogen and oxygen atoms in total. The van der Waals surface area contributed by atoms with Gasteiger partial charge < -0.3 is 10.2 Å². The zero-order valence-corrected chi connectivity index (χ0v) is 14.5. The van der Waals surface area contributed by atoms with E-state index in [1.807, 2.05) is 6.92 Å². The first-order chi connectivity index (χ1) is 11.4. The minimum atomic E-state index is -3.60. The zero-order valence-electron chi connectivity index (χ0n) is 13.7. The standard InChI is InChI=1S/C16H22FN3O3S/c1-12(16(21)18-14-4-5-14)19-8-10-20(11-9-19)24(22,23)15-6-2-13(17)3-7-15/h2-3,6-7,12,14H,4-5,8-11H2,1H3,(H,18,21)/p+1/t12-/m1/s1. The predicted molar refractivity (Wildman–Crippen MR) is 86.5 cm³/mol. The highest BCUT2D eigenvalue weighted by molar-refractivity contribution is 7.89. The van der Waals surface area contributed by atoms with E-state index in [4.69, 9.17) is 0 Å². The first-order valence-corrected chi connectivity index (χ1v) is 9.72. The number of piperazine rings is 1. The first kappa shape index (κ1) is 17.3. The topological polar surface area (TPSA) is 70.9 Å². The maximum Gasteiger partial charge on any atom is 0.278 e. The average Bonchev–Trinajstić information content (AvgIpc) is 3.38. The molecule has 1 aliphatic heterocycles. The molecule has 1 saturated carbocycles. The number of amides is 1. The van der Waals surface area contributed by atoms with Crippen molar-refractivity contribution in [2.75, 3.05) is 26.2 Å². The molecule has 1 aliphatic carbocycles. The molecule has 0 unspecified atom stereocenters. The second-order valence-electron chi connectivity index (χ2n) is 6.52. The Kier molecular flexibility index (Phi) is 4.89. The molecular weight excluding hydrogens is 333 g/mol. The summed E-state index contributed by atoms with van der Waals surface area (Å²) in [6.07, 6.45) is 2.11. The fourth-order valence-electron chi connectivity index (χ4n) is 2.94. The van der Waals surface area contributed by atoms with Gasteiger partial charge in [0, 0.05) is 6.04 Å². The van der Waals surface area contributed by atoms with Crippen LogP contribution < -0.4 is 10.2 Å². The molecule has 1 saturated heterocycles. The summed E-state index contributed by atoms with van der Waals surface area (Å²) >= 11 is 0. The highest BCUT2D eigenvalue weighted by Gasteiger charge is 2.35. The Labute approximate surface area is 141 Å². The summed E-state index contributed by atoms with van der Waals surface area (Å²) in [4.78, 5) is 13.3. The third kappa shape index (κ3) is 3.76. The van der Waals surface area contributed by atoms with Gasteiger partial charge in [-0.15, -0.1) is 0 Å². The van der Waals surface area contributed by atoms with E-state index < -0.39 is 15.8 Å². The predicted octanol–water partition coefficient (Wildman–Crippen LogP) is -0.618. The summed E-state index contributed by atoms with van der Waals surface area (Å²) in [7, 11) is -3.60. The molecule has 1 amide bonds. The van der Waals surface area contributed by atoms with Crippen molar-refractivity contribution in [1.82, 2.24) is 9.62 Å². The molecule has 1 heterocycles. The van der Waals surface area contributed by atoms with Crippen molar-refractivity contribution < 1.29 is 22.5 Å². The third-order valence-electron chi connectivity index (χ3n) is 4.75. The monoisotopic (exact) mass is 356 g/mol. The minimum Gasteiger partial charge on any atom is -0.348 e. The number of hydrogen-bond acceptors (Lipinski definition) is 3. The van der Waals surface area contributed by atoms with Crippen LogP contribution in [0.15, 0.2) is 29.2 Å². The average molecular weight is 356 g/mol. The van der Waals surface area contributed by atoms with E-state index in [1.54, 1.807) is 0 Å². The van der Waals surface area contributed by atoms with Crippen LogP contribution in [0.2, 0.25) is 0 Å². The van der Waals surface area contributed by atoms with Gasteiger partial charge in [-0.25, -0.2) is 12.8 Å². The molecule has 8 heteroatoms. The number of benzene rings is 1. The number of rotatable bonds is 5. The summed E-state index contributed by atoms with van der Waals surface area (Å²) in [6.45, 7) is 3.77. The molecule has 24 heavy (non-hydrogen) atoms. The van der Waals surface area contributed by atoms with Crippen LogP contribution >= 0.6 is 0 Å². The van der Waals surface area contributed by atoms with E-state index >= 15 is 0 Å². The van der Waals surface area contributed by atoms with Gasteiger partial charge in [-0.3, -0.25) is 4.79 Å². The highest BCUT2D eigenvalue weighted by atomic mass is 32.2. The van der Waals surface area contributed by atoms with Gasteiger partial charge in [0.15, 0.2) is 6.04 Å². The van der Waals surface area contributed by atoms with Gasteiger partial charge in [-0.2, -0.15) is 4.31 Å². The lowest BCUT2D eigenvalue weighted by Crippen LogP contribution is -3.19. The summed E-state index contributed by atoms with van der Waals surface area (Å²) < 4.78 is 39.5. The van der Waals surface area contributed by atoms with Gasteiger partial charge in [0.25, 0.3) is 5.91 Å². The van der Waals surface area contributed by atoms with Crippen LogP contribution in [0.4, 0.5) is 4.39 Å². The molecule has 1 aromatic carbocycles. The lowest BCUT2D eigenvalue weighted by Gasteiger charge is -2.34. The van der Waals surface area contributed by atoms with Gasteiger partial charge in [-0.1, -0.05) is 0 Å². The Morgan fingerprint density at radius 1 is 1.25 bits per heavy atom. The molecule has 2 aliphatic rings. The summed E-state index contributed by atoms with van der Waals surface area (Å²) in [5, 5.41) is 3.00. The number of nitrogens with one attached hydrogen (secondary N) is 2. The lowest BCUT2D eigenvalue weighted by molar-refractivity contribution is -0.917. The van der Waals surface area contributed by atoms with Gasteiger partial charge >= 0.3 is 0 Å². The molecule has 0 spiro atoms. The van der Waals surface area contributed by atoms with E-state index in [0.29, 0.717) is 32.2 Å². The molecule has 2 N–H and O–H groups in total. The van der Waals surface area contributed by atoms with Gasteiger partial charge in [0.05, 0.1) is 31.1 Å². The van der Waals surface area contributed by atoms with E-state index in [1.165, 1.54) is 16.4 Å². The second-order valence-corrected chi connectivity index (χ2v) is 8.46. The lowest BCUT2D eigenvalue weighted by atomic mass is 10.2. The number of hydrogen-bond donors (Lipinski definition) is 2. The normalized spacial score (nSPS) is 21.4. The molecule has 0 aromatic heterocycles. The fourth-order valence-corrected chi connectivity index (χ4v) is 4.38. The largest absolute Gasteiger partial charge is 0.348 e. The van der Waals surface area contributed by atoms with Crippen molar-refractivity contribution in [1.29, 1.82) is 0 Å². The Bertz CT molecular complexity index is 696. The van der Waals surface area contributed by atoms with Crippen molar-refractivity contribution in [2.24, 2.45) is 0 Å². The quantitative estimate of drug-likeness (QED) is 0.739. The van der Waals surface area contributed by atoms with Crippen LogP contribution in [-0.4, -0.2) is 56.9 Å². The zero-order chi connectivity index (χ0) is 17.3. The molecule has 0 bridgehead atoms. The fraction of sp³-hybridized carbons (Fsp3) is 0.562. The summed E-state index contributed by atoms with van der Waals surface area (Å²) in [5.41, 5.74) is 0. The first-order valence-electron chi connectivity index (χ1n) is 8.28. The van der Waals surface area contributed by atoms with E-state index in [0.717, 1.165) is 29.9 Å². The number of quaternary nitrogens is 1. The number of sulfonamides is 1. The maximum absolute atomic E-state index is 13.0. The van der Waals surface area contributed by atoms with Crippen LogP contribution in [0.3, 0.4) is 0 Å². The van der Waals surface area contributed by atoms with E-state index in [2.05, 4.69) is 5.32 Å². The van der Waals surface area contributed by atoms with Crippen LogP contribution in [0, 0.1) is 5.82 Å². The molecular formula is C16H23FN3O3S+. The minimum absolute atomic E-state index is 0.0438. The van der Waals surface area contributed by atoms with E-state index in [-0.39, 0.29) is 16.8 Å². The van der Waals surface area contributed by atoms with Crippen LogP contribution in [0.25, 0.3) is 0 Å². The van der Waals surface area contributed by atoms with Crippen molar-refractivity contribution in [3.63, 3.8) is 0 Å². The van der Waals surface area contributed by atoms with E-state index in [9.17, 15) is 17.6 Å². The molecule has 1 atom stereocenters.